The van der Waals surface area contributed by atoms with Gasteiger partial charge in [0.05, 0.1) is 0 Å². The van der Waals surface area contributed by atoms with Crippen LogP contribution in [0.3, 0.4) is 0 Å². The van der Waals surface area contributed by atoms with Crippen LogP contribution in [0.5, 0.6) is 0 Å². The van der Waals surface area contributed by atoms with Crippen molar-refractivity contribution in [2.45, 2.75) is 134 Å². The number of hydrogen-bond donors (Lipinski definition) is 0. The summed E-state index contributed by atoms with van der Waals surface area (Å²) in [5.41, 5.74) is 4.43. The Labute approximate surface area is 2180 Å². The Hall–Kier alpha value is 68.7. The molecule has 4 atom stereocenters. The standard InChI is InChI=1S/C12H18.C11H23N.2C3H8.2CH3.63Y/c1-4-10-7-11(5-2)9-12(6-3)8-10;1-6-12-10(4)8(2)7-9(3)11(12)5;2*1-3-2;;;;;;;;;;;;;;;;;;;;;;;;;;;;;;;;;;;;;;;;;;;;;;;;;;;;;;;;;;;;;;;;;/h7-9H,4-6H2,1-3H3;8-11H,6-7H2,1-5H3;2*3H2,1-2H3;2*1H3;;;;;;;;;;;;;;;;;;;;;;;;;;;;;;;;;;;;;;;;;;;;;;;;;;;;;;;;;;;;;;;/q;;;;2*-1;;;;;;;;;;;;;;;;;;;;;;;;;;;;;;;;;;;;;;;;;;;;;;;;;;;;;;;;;;;;;;;/t;8-,9+,10-,11+;;;;;;;;;;;;;;;;;;;;;;;;;;;;;;;;;;;;;;;;;;;;;;;;;;;;;;;;;;;;;;;;;;;. The number of aryl methyl sites for hydroxylation is 3. The van der Waals surface area contributed by atoms with Crippen LogP contribution in [-0.2, 0) is 2080 Å². The zero-order chi connectivity index (χ0) is 23.7. The van der Waals surface area contributed by atoms with Gasteiger partial charge in [-0.25, -0.2) is 0 Å². The molecule has 64 heteroatoms. The molecular formula is C31H63NY63-2. The second kappa shape index (κ2) is 403. The molecule has 0 N–H and O–H groups in total. The van der Waals surface area contributed by atoms with Crippen LogP contribution in [0.2, 0.25) is 0 Å². The smallest absolute Gasteiger partial charge is 0.00954 e. The Morgan fingerprint density at radius 3 is 0.358 bits per heavy atom. The summed E-state index contributed by atoms with van der Waals surface area (Å²) >= 11 is 0. The molecule has 0 aliphatic carbocycles. The van der Waals surface area contributed by atoms with E-state index < -0.39 is 0 Å². The van der Waals surface area contributed by atoms with E-state index in [0.717, 1.165) is 43.2 Å². The van der Waals surface area contributed by atoms with E-state index in [0.29, 0.717) is 0 Å². The molecule has 1 aromatic carbocycles. The molecule has 0 amide bonds. The fourth-order valence-corrected chi connectivity index (χ4v) is 4.03. The quantitative estimate of drug-likeness (QED) is 0.272. The number of rotatable bonds is 4. The third kappa shape index (κ3) is 356. The van der Waals surface area contributed by atoms with Crippen LogP contribution in [0.25, 0.3) is 0 Å². The first-order chi connectivity index (χ1) is 14.2. The molecule has 63 radical (unpaired) electrons. The van der Waals surface area contributed by atoms with Gasteiger partial charge in [-0.3, -0.25) is 4.90 Å². The average molecular weight is 6050 g/mol. The van der Waals surface area contributed by atoms with Crippen LogP contribution in [-0.4, -0.2) is 23.5 Å². The summed E-state index contributed by atoms with van der Waals surface area (Å²) in [7, 11) is 0. The van der Waals surface area contributed by atoms with E-state index in [1.165, 1.54) is 42.5 Å². The molecule has 1 aliphatic heterocycles. The van der Waals surface area contributed by atoms with Crippen molar-refractivity contribution >= 4 is 0 Å². The summed E-state index contributed by atoms with van der Waals surface area (Å²) in [5.74, 6) is 1.74. The molecule has 0 saturated carbocycles. The molecule has 2 rings (SSSR count). The fourth-order valence-electron chi connectivity index (χ4n) is 4.03. The largest absolute Gasteiger partial charge is 0.358 e. The molecule has 1 nitrogen and oxygen atoms in total. The number of hydrogen-bond acceptors (Lipinski definition) is 1. The first-order valence-electron chi connectivity index (χ1n) is 13.1. The van der Waals surface area contributed by atoms with E-state index in [1.54, 1.807) is 0 Å². The molecule has 1 saturated heterocycles. The SMILES string of the molecule is CCC.CCC.CCN1[C@H](C)[C@H](C)C[C@H](C)[C@@H]1C.CCc1cc(CC)cc(CC)c1.[CH3-].[CH3-].[Y].[Y].[Y].[Y].[Y].[Y].[Y].[Y].[Y].[Y].[Y].[Y].[Y].[Y].[Y].[Y].[Y].[Y].[Y].[Y].[Y].[Y].[Y].[Y].[Y].[Y].[Y].[Y].[Y].[Y].[Y].[Y].[Y].[Y].[Y].[Y].[Y].[Y].[Y].[Y].[Y].[Y].[Y].[Y].[Y].[Y].[Y].[Y].[Y].[Y].[Y].[Y].[Y].[Y].[Y].[Y].[Y].[Y].[Y].[Y].[Y].[Y].[Y]. The minimum absolute atomic E-state index is 0. The number of benzene rings is 1. The van der Waals surface area contributed by atoms with Gasteiger partial charge in [0.25, 0.3) is 0 Å². The van der Waals surface area contributed by atoms with Gasteiger partial charge in [0.15, 0.2) is 0 Å². The predicted octanol–water partition coefficient (Wildman–Crippen LogP) is 9.71. The van der Waals surface area contributed by atoms with Crippen molar-refractivity contribution in [1.29, 1.82) is 0 Å². The molecule has 95 heavy (non-hydrogen) atoms. The number of piperidine rings is 1. The van der Waals surface area contributed by atoms with E-state index in [-0.39, 0.29) is 2080 Å². The molecule has 1 aromatic rings. The van der Waals surface area contributed by atoms with Crippen molar-refractivity contribution in [1.82, 2.24) is 4.90 Å². The van der Waals surface area contributed by atoms with Crippen LogP contribution in [0, 0.1) is 26.7 Å². The van der Waals surface area contributed by atoms with Gasteiger partial charge in [0.1, 0.15) is 0 Å². The zero-order valence-corrected chi connectivity index (χ0v) is 240. The van der Waals surface area contributed by atoms with Crippen molar-refractivity contribution in [2.24, 2.45) is 11.8 Å². The van der Waals surface area contributed by atoms with Crippen molar-refractivity contribution < 1.29 is 2060 Å². The van der Waals surface area contributed by atoms with Gasteiger partial charge in [-0.1, -0.05) is 100 Å². The molecule has 1 aliphatic rings. The molecule has 1 fully saturated rings. The summed E-state index contributed by atoms with van der Waals surface area (Å²) in [6.07, 6.45) is 7.36. The minimum Gasteiger partial charge on any atom is -0.358 e. The second-order valence-corrected chi connectivity index (χ2v) is 9.13. The van der Waals surface area contributed by atoms with Crippen molar-refractivity contribution in [3.05, 3.63) is 49.7 Å². The Morgan fingerprint density at radius 1 is 0.211 bits per heavy atom. The molecule has 1 heterocycles. The maximum absolute atomic E-state index is 2.64. The first-order valence-corrected chi connectivity index (χ1v) is 13.1. The van der Waals surface area contributed by atoms with Gasteiger partial charge in [-0.2, -0.15) is 0 Å². The van der Waals surface area contributed by atoms with Crippen molar-refractivity contribution in [2.75, 3.05) is 6.54 Å². The maximum Gasteiger partial charge on any atom is 0.00954 e. The average Bonchev–Trinajstić information content (AvgIpc) is 2.74. The predicted molar refractivity (Wildman–Crippen MR) is 154 cm³/mol. The van der Waals surface area contributed by atoms with Crippen LogP contribution in [0.15, 0.2) is 18.2 Å². The molecule has 0 aromatic heterocycles. The van der Waals surface area contributed by atoms with E-state index in [1.807, 2.05) is 0 Å². The van der Waals surface area contributed by atoms with Gasteiger partial charge >= 0.3 is 0 Å². The summed E-state index contributed by atoms with van der Waals surface area (Å²) in [4.78, 5) is 2.64. The van der Waals surface area contributed by atoms with Crippen LogP contribution >= 0.6 is 0 Å². The summed E-state index contributed by atoms with van der Waals surface area (Å²) < 4.78 is 0. The Balaban J connectivity index is -0.00000000143. The number of likely N-dealkylation sites (tertiary alicyclic amines) is 1. The second-order valence-electron chi connectivity index (χ2n) is 9.13. The minimum atomic E-state index is 0. The first kappa shape index (κ1) is 463. The fraction of sp³-hybridized carbons (Fsp3) is 0.742. The van der Waals surface area contributed by atoms with Gasteiger partial charge < -0.3 is 14.9 Å². The van der Waals surface area contributed by atoms with Crippen LogP contribution in [0.1, 0.15) is 119 Å². The normalized spacial score (nSPS) is 7.33. The van der Waals surface area contributed by atoms with Gasteiger partial charge in [-0.15, -0.1) is 0 Å². The zero-order valence-electron chi connectivity index (χ0n) is 61.3. The molecule has 0 unspecified atom stereocenters. The topological polar surface area (TPSA) is 3.24 Å². The van der Waals surface area contributed by atoms with Crippen LogP contribution < -0.4 is 0 Å². The van der Waals surface area contributed by atoms with Crippen LogP contribution in [0.4, 0.5) is 0 Å². The third-order valence-electron chi connectivity index (χ3n) is 6.14. The Bertz CT molecular complexity index is 524. The Morgan fingerprint density at radius 2 is 0.295 bits per heavy atom. The third-order valence-corrected chi connectivity index (χ3v) is 6.14. The number of nitrogens with zero attached hydrogens (tertiary/aromatic N) is 1. The van der Waals surface area contributed by atoms with E-state index >= 15 is 0 Å². The van der Waals surface area contributed by atoms with Crippen molar-refractivity contribution in [3.8, 4) is 0 Å². The summed E-state index contributed by atoms with van der Waals surface area (Å²) in [6, 6.07) is 8.51. The van der Waals surface area contributed by atoms with Gasteiger partial charge in [-0.05, 0) is 74.6 Å². The van der Waals surface area contributed by atoms with Crippen molar-refractivity contribution in [3.63, 3.8) is 0 Å². The van der Waals surface area contributed by atoms with E-state index in [9.17, 15) is 0 Å². The molecular weight excluding hydrogens is 5990 g/mol. The molecule has 383 valence electrons. The molecule has 0 bridgehead atoms. The molecule has 0 spiro atoms. The summed E-state index contributed by atoms with van der Waals surface area (Å²) in [6.45, 7) is 28.1. The summed E-state index contributed by atoms with van der Waals surface area (Å²) in [5, 5.41) is 0. The monoisotopic (exact) mass is 6050 g/mol. The van der Waals surface area contributed by atoms with E-state index in [2.05, 4.69) is 106 Å². The van der Waals surface area contributed by atoms with Gasteiger partial charge in [0, 0.05) is 2070 Å². The Kier molecular flexibility index (Phi) is 1970. The van der Waals surface area contributed by atoms with E-state index in [4.69, 9.17) is 0 Å². The van der Waals surface area contributed by atoms with Gasteiger partial charge in [0.2, 0.25) is 0 Å². The maximum atomic E-state index is 2.64.